The molecule has 1 unspecified atom stereocenters. The number of nitrogens with one attached hydrogen (secondary N) is 2. The van der Waals surface area contributed by atoms with Crippen molar-refractivity contribution < 1.29 is 4.39 Å². The average Bonchev–Trinajstić information content (AvgIpc) is 2.48. The first-order chi connectivity index (χ1) is 5.36. The summed E-state index contributed by atoms with van der Waals surface area (Å²) in [6.45, 7) is 0.474. The van der Waals surface area contributed by atoms with Crippen LogP contribution in [0.25, 0.3) is 0 Å². The second-order valence-electron chi connectivity index (χ2n) is 2.47. The van der Waals surface area contributed by atoms with Crippen molar-refractivity contribution in [3.05, 3.63) is 12.3 Å². The lowest BCUT2D eigenvalue weighted by molar-refractivity contribution is 0.250. The molecule has 64 valence electrons. The van der Waals surface area contributed by atoms with Crippen LogP contribution < -0.4 is 10.7 Å². The van der Waals surface area contributed by atoms with E-state index in [1.807, 2.05) is 24.3 Å². The Bertz CT molecular complexity index is 138. The van der Waals surface area contributed by atoms with E-state index in [-0.39, 0.29) is 12.8 Å². The van der Waals surface area contributed by atoms with E-state index >= 15 is 0 Å². The monoisotopic (exact) mass is 159 g/mol. The van der Waals surface area contributed by atoms with E-state index in [1.54, 1.807) is 0 Å². The van der Waals surface area contributed by atoms with Crippen LogP contribution in [0.15, 0.2) is 12.3 Å². The van der Waals surface area contributed by atoms with Gasteiger partial charge in [-0.05, 0) is 19.5 Å². The summed E-state index contributed by atoms with van der Waals surface area (Å²) in [6.07, 6.45) is 4.71. The Hall–Kier alpha value is -0.610. The normalized spacial score (nSPS) is 23.1. The second-order valence-corrected chi connectivity index (χ2v) is 2.47. The highest BCUT2D eigenvalue weighted by Gasteiger charge is 2.10. The number of halogens is 1. The smallest absolute Gasteiger partial charge is 0.0954 e. The molecule has 0 radical (unpaired) electrons. The Morgan fingerprint density at radius 3 is 3.09 bits per heavy atom. The first-order valence-corrected chi connectivity index (χ1v) is 3.81. The lowest BCUT2D eigenvalue weighted by Gasteiger charge is -2.18. The van der Waals surface area contributed by atoms with Gasteiger partial charge in [0.1, 0.15) is 0 Å². The predicted molar refractivity (Wildman–Crippen MR) is 42.4 cm³/mol. The number of nitrogens with zero attached hydrogens (tertiary/aromatic N) is 1. The fourth-order valence-corrected chi connectivity index (χ4v) is 0.985. The van der Waals surface area contributed by atoms with Crippen molar-refractivity contribution in [2.75, 3.05) is 20.3 Å². The molecular formula is C7H14FN3. The molecule has 1 atom stereocenters. The van der Waals surface area contributed by atoms with Crippen LogP contribution in [0, 0.1) is 0 Å². The maximum Gasteiger partial charge on any atom is 0.0954 e. The van der Waals surface area contributed by atoms with Crippen LogP contribution in [0.1, 0.15) is 6.42 Å². The molecule has 0 fully saturated rings. The van der Waals surface area contributed by atoms with E-state index in [0.29, 0.717) is 6.42 Å². The molecule has 0 amide bonds. The minimum absolute atomic E-state index is 0.203. The molecule has 0 aromatic heterocycles. The van der Waals surface area contributed by atoms with Crippen molar-refractivity contribution in [3.8, 4) is 0 Å². The topological polar surface area (TPSA) is 27.3 Å². The Labute approximate surface area is 66.2 Å². The third kappa shape index (κ3) is 2.48. The molecule has 1 aliphatic rings. The number of alkyl halides is 1. The Morgan fingerprint density at radius 2 is 2.55 bits per heavy atom. The minimum Gasteiger partial charge on any atom is -0.314 e. The van der Waals surface area contributed by atoms with Gasteiger partial charge in [0.05, 0.1) is 12.8 Å². The third-order valence-electron chi connectivity index (χ3n) is 1.61. The van der Waals surface area contributed by atoms with E-state index in [1.165, 1.54) is 0 Å². The summed E-state index contributed by atoms with van der Waals surface area (Å²) >= 11 is 0. The number of rotatable bonds is 4. The largest absolute Gasteiger partial charge is 0.314 e. The first kappa shape index (κ1) is 8.49. The molecule has 0 aromatic rings. The van der Waals surface area contributed by atoms with Crippen molar-refractivity contribution >= 4 is 0 Å². The molecule has 4 heteroatoms. The standard InChI is InChI=1S/C7H14FN3/c1-9-7-3-6-11(10-7)5-2-4-8/h3,6-7,9-10H,2,4-5H2,1H3. The SMILES string of the molecule is CNC1C=CN(CCCF)N1. The average molecular weight is 159 g/mol. The Kier molecular flexibility index (Phi) is 3.32. The molecule has 0 spiro atoms. The fraction of sp³-hybridized carbons (Fsp3) is 0.714. The zero-order chi connectivity index (χ0) is 8.10. The molecule has 1 rings (SSSR count). The van der Waals surface area contributed by atoms with Gasteiger partial charge < -0.3 is 10.3 Å². The highest BCUT2D eigenvalue weighted by Crippen LogP contribution is 1.99. The van der Waals surface area contributed by atoms with Crippen LogP contribution in [0.3, 0.4) is 0 Å². The van der Waals surface area contributed by atoms with Gasteiger partial charge in [0.25, 0.3) is 0 Å². The van der Waals surface area contributed by atoms with Crippen LogP contribution in [-0.2, 0) is 0 Å². The van der Waals surface area contributed by atoms with Crippen molar-refractivity contribution in [2.45, 2.75) is 12.6 Å². The van der Waals surface area contributed by atoms with Gasteiger partial charge in [-0.1, -0.05) is 0 Å². The number of hydrogen-bond donors (Lipinski definition) is 2. The van der Waals surface area contributed by atoms with E-state index in [2.05, 4.69) is 10.7 Å². The molecule has 0 bridgehead atoms. The summed E-state index contributed by atoms with van der Waals surface area (Å²) in [6, 6.07) is 0. The van der Waals surface area contributed by atoms with E-state index < -0.39 is 0 Å². The lowest BCUT2D eigenvalue weighted by atomic mass is 10.4. The lowest BCUT2D eigenvalue weighted by Crippen LogP contribution is -2.42. The molecule has 3 nitrogen and oxygen atoms in total. The third-order valence-corrected chi connectivity index (χ3v) is 1.61. The van der Waals surface area contributed by atoms with Gasteiger partial charge >= 0.3 is 0 Å². The summed E-state index contributed by atoms with van der Waals surface area (Å²) < 4.78 is 11.7. The van der Waals surface area contributed by atoms with Gasteiger partial charge in [-0.2, -0.15) is 0 Å². The minimum atomic E-state index is -0.254. The summed E-state index contributed by atoms with van der Waals surface area (Å²) in [5.74, 6) is 0. The van der Waals surface area contributed by atoms with Crippen molar-refractivity contribution in [2.24, 2.45) is 0 Å². The molecule has 0 saturated heterocycles. The van der Waals surface area contributed by atoms with Gasteiger partial charge in [-0.15, -0.1) is 0 Å². The molecule has 0 aliphatic carbocycles. The van der Waals surface area contributed by atoms with Gasteiger partial charge in [0, 0.05) is 12.7 Å². The predicted octanol–water partition coefficient (Wildman–Crippen LogP) is 0.225. The van der Waals surface area contributed by atoms with E-state index in [9.17, 15) is 4.39 Å². The van der Waals surface area contributed by atoms with Gasteiger partial charge in [-0.25, -0.2) is 5.43 Å². The van der Waals surface area contributed by atoms with Crippen LogP contribution in [0.5, 0.6) is 0 Å². The van der Waals surface area contributed by atoms with Gasteiger partial charge in [-0.3, -0.25) is 4.39 Å². The molecular weight excluding hydrogens is 145 g/mol. The molecule has 11 heavy (non-hydrogen) atoms. The molecule has 1 heterocycles. The summed E-state index contributed by atoms with van der Waals surface area (Å²) in [5.41, 5.74) is 3.12. The van der Waals surface area contributed by atoms with E-state index in [4.69, 9.17) is 0 Å². The van der Waals surface area contributed by atoms with Crippen LogP contribution in [-0.4, -0.2) is 31.4 Å². The van der Waals surface area contributed by atoms with Gasteiger partial charge in [0.2, 0.25) is 0 Å². The zero-order valence-electron chi connectivity index (χ0n) is 6.68. The molecule has 1 aliphatic heterocycles. The maximum absolute atomic E-state index is 11.7. The quantitative estimate of drug-likeness (QED) is 0.614. The van der Waals surface area contributed by atoms with Crippen molar-refractivity contribution in [1.29, 1.82) is 0 Å². The summed E-state index contributed by atoms with van der Waals surface area (Å²) in [4.78, 5) is 0. The zero-order valence-corrected chi connectivity index (χ0v) is 6.68. The summed E-state index contributed by atoms with van der Waals surface area (Å²) in [5, 5.41) is 4.93. The Morgan fingerprint density at radius 1 is 1.73 bits per heavy atom. The van der Waals surface area contributed by atoms with Crippen molar-refractivity contribution in [3.63, 3.8) is 0 Å². The highest BCUT2D eigenvalue weighted by molar-refractivity contribution is 4.96. The van der Waals surface area contributed by atoms with Gasteiger partial charge in [0.15, 0.2) is 0 Å². The molecule has 2 N–H and O–H groups in total. The second kappa shape index (κ2) is 4.31. The first-order valence-electron chi connectivity index (χ1n) is 3.81. The highest BCUT2D eigenvalue weighted by atomic mass is 19.1. The van der Waals surface area contributed by atoms with Crippen molar-refractivity contribution in [1.82, 2.24) is 15.8 Å². The number of hydrogen-bond acceptors (Lipinski definition) is 3. The molecule has 0 aromatic carbocycles. The van der Waals surface area contributed by atoms with Crippen LogP contribution in [0.2, 0.25) is 0 Å². The molecule has 0 saturated carbocycles. The number of likely N-dealkylation sites (N-methyl/N-ethyl adjacent to an activating group) is 1. The maximum atomic E-state index is 11.7. The van der Waals surface area contributed by atoms with Crippen LogP contribution in [0.4, 0.5) is 4.39 Å². The van der Waals surface area contributed by atoms with E-state index in [0.717, 1.165) is 6.54 Å². The fourth-order valence-electron chi connectivity index (χ4n) is 0.985. The number of hydrazine groups is 1. The van der Waals surface area contributed by atoms with Crippen LogP contribution >= 0.6 is 0 Å². The Balaban J connectivity index is 2.15. The summed E-state index contributed by atoms with van der Waals surface area (Å²) in [7, 11) is 1.88.